The van der Waals surface area contributed by atoms with Crippen molar-refractivity contribution in [2.75, 3.05) is 0 Å². The highest BCUT2D eigenvalue weighted by Crippen LogP contribution is 2.35. The highest BCUT2D eigenvalue weighted by Gasteiger charge is 2.36. The molecule has 3 heteroatoms. The molecule has 0 radical (unpaired) electrons. The summed E-state index contributed by atoms with van der Waals surface area (Å²) in [5.41, 5.74) is 0.216. The zero-order valence-electron chi connectivity index (χ0n) is 9.11. The summed E-state index contributed by atoms with van der Waals surface area (Å²) in [6, 6.07) is 12.1. The lowest BCUT2D eigenvalue weighted by Gasteiger charge is -2.20. The zero-order valence-corrected chi connectivity index (χ0v) is 9.11. The van der Waals surface area contributed by atoms with Gasteiger partial charge < -0.3 is 5.11 Å². The fourth-order valence-corrected chi connectivity index (χ4v) is 1.81. The molecule has 0 saturated heterocycles. The number of hydrogen-bond donors (Lipinski definition) is 1. The van der Waals surface area contributed by atoms with Gasteiger partial charge >= 0.3 is 0 Å². The van der Waals surface area contributed by atoms with Crippen LogP contribution in [0.15, 0.2) is 55.1 Å². The monoisotopic (exact) mass is 234 g/mol. The molecule has 0 fully saturated rings. The van der Waals surface area contributed by atoms with Gasteiger partial charge in [-0.2, -0.15) is 8.78 Å². The van der Waals surface area contributed by atoms with Gasteiger partial charge in [-0.15, -0.1) is 0 Å². The van der Waals surface area contributed by atoms with Gasteiger partial charge in [0.05, 0.1) is 0 Å². The lowest BCUT2D eigenvalue weighted by molar-refractivity contribution is -0.0705. The number of aliphatic hydroxyl groups excluding tert-OH is 1. The molecule has 0 saturated carbocycles. The zero-order chi connectivity index (χ0) is 12.5. The van der Waals surface area contributed by atoms with Gasteiger partial charge in [0.2, 0.25) is 0 Å². The first-order chi connectivity index (χ1) is 8.06. The average Bonchev–Trinajstić information content (AvgIpc) is 2.37. The van der Waals surface area contributed by atoms with E-state index >= 15 is 0 Å². The van der Waals surface area contributed by atoms with Crippen molar-refractivity contribution in [1.82, 2.24) is 0 Å². The third kappa shape index (κ3) is 2.06. The van der Waals surface area contributed by atoms with Crippen LogP contribution in [0.2, 0.25) is 0 Å². The Bertz CT molecular complexity index is 543. The molecule has 1 atom stereocenters. The fourth-order valence-electron chi connectivity index (χ4n) is 1.81. The van der Waals surface area contributed by atoms with Gasteiger partial charge in [-0.25, -0.2) is 0 Å². The summed E-state index contributed by atoms with van der Waals surface area (Å²) in [6.07, 6.45) is -1.40. The summed E-state index contributed by atoms with van der Waals surface area (Å²) in [4.78, 5) is 0. The van der Waals surface area contributed by atoms with Crippen molar-refractivity contribution in [2.45, 2.75) is 12.0 Å². The predicted molar refractivity (Wildman–Crippen MR) is 64.1 cm³/mol. The van der Waals surface area contributed by atoms with E-state index in [-0.39, 0.29) is 5.56 Å². The molecule has 1 nitrogen and oxygen atoms in total. The minimum absolute atomic E-state index is 0.216. The van der Waals surface area contributed by atoms with Gasteiger partial charge in [0, 0.05) is 0 Å². The number of rotatable bonds is 3. The average molecular weight is 234 g/mol. The normalized spacial score (nSPS) is 13.6. The summed E-state index contributed by atoms with van der Waals surface area (Å²) in [7, 11) is 0. The number of benzene rings is 2. The molecule has 0 heterocycles. The molecule has 0 aromatic heterocycles. The Morgan fingerprint density at radius 3 is 2.47 bits per heavy atom. The van der Waals surface area contributed by atoms with Crippen LogP contribution in [0.3, 0.4) is 0 Å². The van der Waals surface area contributed by atoms with Crippen molar-refractivity contribution < 1.29 is 13.9 Å². The van der Waals surface area contributed by atoms with Gasteiger partial charge in [0.1, 0.15) is 6.10 Å². The van der Waals surface area contributed by atoms with Gasteiger partial charge in [-0.1, -0.05) is 49.0 Å². The van der Waals surface area contributed by atoms with Gasteiger partial charge in [-0.05, 0) is 22.4 Å². The van der Waals surface area contributed by atoms with E-state index in [2.05, 4.69) is 6.58 Å². The molecule has 2 aromatic rings. The minimum Gasteiger partial charge on any atom is -0.382 e. The van der Waals surface area contributed by atoms with Crippen molar-refractivity contribution in [3.8, 4) is 0 Å². The Balaban J connectivity index is 2.59. The van der Waals surface area contributed by atoms with Crippen LogP contribution in [0.5, 0.6) is 0 Å². The smallest absolute Gasteiger partial charge is 0.295 e. The Kier molecular flexibility index (Phi) is 2.94. The maximum absolute atomic E-state index is 13.4. The van der Waals surface area contributed by atoms with Gasteiger partial charge in [0.15, 0.2) is 0 Å². The second-order valence-corrected chi connectivity index (χ2v) is 3.85. The van der Waals surface area contributed by atoms with Crippen molar-refractivity contribution in [3.63, 3.8) is 0 Å². The summed E-state index contributed by atoms with van der Waals surface area (Å²) in [5.74, 6) is -3.33. The standard InChI is InChI=1S/C14H12F2O/c1-2-14(15,16)13(17)12-9-5-7-10-6-3-4-8-11(10)12/h2-9,13,17H,1H2/t13-/m0/s1. The Hall–Kier alpha value is -1.74. The summed E-state index contributed by atoms with van der Waals surface area (Å²) in [6.45, 7) is 3.05. The van der Waals surface area contributed by atoms with Crippen LogP contribution < -0.4 is 0 Å². The molecule has 1 N–H and O–H groups in total. The SMILES string of the molecule is C=CC(F)(F)[C@@H](O)c1cccc2ccccc12. The molecule has 2 rings (SSSR count). The van der Waals surface area contributed by atoms with E-state index in [0.29, 0.717) is 11.5 Å². The van der Waals surface area contributed by atoms with Gasteiger partial charge in [0.25, 0.3) is 5.92 Å². The largest absolute Gasteiger partial charge is 0.382 e. The molecule has 88 valence electrons. The summed E-state index contributed by atoms with van der Waals surface area (Å²) in [5, 5.41) is 11.2. The van der Waals surface area contributed by atoms with E-state index in [9.17, 15) is 13.9 Å². The van der Waals surface area contributed by atoms with E-state index in [1.165, 1.54) is 6.07 Å². The molecule has 2 aromatic carbocycles. The van der Waals surface area contributed by atoms with E-state index in [1.807, 2.05) is 18.2 Å². The van der Waals surface area contributed by atoms with E-state index in [1.54, 1.807) is 18.2 Å². The second-order valence-electron chi connectivity index (χ2n) is 3.85. The first-order valence-electron chi connectivity index (χ1n) is 5.23. The predicted octanol–water partition coefficient (Wildman–Crippen LogP) is 3.69. The van der Waals surface area contributed by atoms with Crippen molar-refractivity contribution in [1.29, 1.82) is 0 Å². The quantitative estimate of drug-likeness (QED) is 0.803. The minimum atomic E-state index is -3.33. The molecule has 0 aliphatic carbocycles. The number of hydrogen-bond acceptors (Lipinski definition) is 1. The lowest BCUT2D eigenvalue weighted by atomic mass is 9.97. The van der Waals surface area contributed by atoms with Crippen molar-refractivity contribution >= 4 is 10.8 Å². The van der Waals surface area contributed by atoms with Crippen LogP contribution in [-0.4, -0.2) is 11.0 Å². The second kappa shape index (κ2) is 4.26. The highest BCUT2D eigenvalue weighted by molar-refractivity contribution is 5.86. The van der Waals surface area contributed by atoms with E-state index in [4.69, 9.17) is 0 Å². The topological polar surface area (TPSA) is 20.2 Å². The number of aliphatic hydroxyl groups is 1. The van der Waals surface area contributed by atoms with Gasteiger partial charge in [-0.3, -0.25) is 0 Å². The van der Waals surface area contributed by atoms with Crippen LogP contribution in [0.25, 0.3) is 10.8 Å². The molecular weight excluding hydrogens is 222 g/mol. The number of halogens is 2. The van der Waals surface area contributed by atoms with E-state index < -0.39 is 12.0 Å². The Morgan fingerprint density at radius 2 is 1.76 bits per heavy atom. The molecule has 0 unspecified atom stereocenters. The first kappa shape index (κ1) is 11.7. The molecule has 0 aliphatic heterocycles. The third-order valence-corrected chi connectivity index (χ3v) is 2.75. The lowest BCUT2D eigenvalue weighted by Crippen LogP contribution is -2.23. The maximum atomic E-state index is 13.4. The Labute approximate surface area is 98.0 Å². The van der Waals surface area contributed by atoms with Crippen molar-refractivity contribution in [3.05, 3.63) is 60.7 Å². The third-order valence-electron chi connectivity index (χ3n) is 2.75. The number of alkyl halides is 2. The van der Waals surface area contributed by atoms with Crippen molar-refractivity contribution in [2.24, 2.45) is 0 Å². The summed E-state index contributed by atoms with van der Waals surface area (Å²) >= 11 is 0. The maximum Gasteiger partial charge on any atom is 0.295 e. The molecular formula is C14H12F2O. The highest BCUT2D eigenvalue weighted by atomic mass is 19.3. The first-order valence-corrected chi connectivity index (χ1v) is 5.23. The fraction of sp³-hybridized carbons (Fsp3) is 0.143. The number of fused-ring (bicyclic) bond motifs is 1. The van der Waals surface area contributed by atoms with E-state index in [0.717, 1.165) is 5.39 Å². The van der Waals surface area contributed by atoms with Crippen LogP contribution in [0.4, 0.5) is 8.78 Å². The molecule has 0 bridgehead atoms. The molecule has 17 heavy (non-hydrogen) atoms. The van der Waals surface area contributed by atoms with Crippen LogP contribution in [0, 0.1) is 0 Å². The molecule has 0 amide bonds. The molecule has 0 spiro atoms. The molecule has 0 aliphatic rings. The summed E-state index contributed by atoms with van der Waals surface area (Å²) < 4.78 is 26.8. The van der Waals surface area contributed by atoms with Crippen LogP contribution >= 0.6 is 0 Å². The Morgan fingerprint density at radius 1 is 1.12 bits per heavy atom. The van der Waals surface area contributed by atoms with Crippen LogP contribution in [-0.2, 0) is 0 Å². The van der Waals surface area contributed by atoms with Crippen LogP contribution in [0.1, 0.15) is 11.7 Å².